The Labute approximate surface area is 114 Å². The SMILES string of the molecule is CCC(C#N)CN(C)c1cc2c(cc1C)OCCO2. The lowest BCUT2D eigenvalue weighted by atomic mass is 10.1. The van der Waals surface area contributed by atoms with Crippen molar-refractivity contribution < 1.29 is 9.47 Å². The quantitative estimate of drug-likeness (QED) is 0.835. The van der Waals surface area contributed by atoms with E-state index in [4.69, 9.17) is 14.7 Å². The van der Waals surface area contributed by atoms with Gasteiger partial charge in [-0.2, -0.15) is 5.26 Å². The average Bonchev–Trinajstić information content (AvgIpc) is 2.43. The van der Waals surface area contributed by atoms with Crippen molar-refractivity contribution in [1.29, 1.82) is 5.26 Å². The molecule has 0 aliphatic carbocycles. The van der Waals surface area contributed by atoms with Gasteiger partial charge in [0.15, 0.2) is 11.5 Å². The number of nitrogens with zero attached hydrogens (tertiary/aromatic N) is 2. The Bertz CT molecular complexity index is 494. The van der Waals surface area contributed by atoms with Gasteiger partial charge in [0.05, 0.1) is 12.0 Å². The summed E-state index contributed by atoms with van der Waals surface area (Å²) >= 11 is 0. The van der Waals surface area contributed by atoms with Crippen LogP contribution in [0, 0.1) is 24.2 Å². The standard InChI is InChI=1S/C15H20N2O2/c1-4-12(9-16)10-17(3)13-8-15-14(7-11(13)2)18-5-6-19-15/h7-8,12H,4-6,10H2,1-3H3. The topological polar surface area (TPSA) is 45.5 Å². The molecule has 19 heavy (non-hydrogen) atoms. The highest BCUT2D eigenvalue weighted by Crippen LogP contribution is 2.36. The van der Waals surface area contributed by atoms with E-state index in [9.17, 15) is 0 Å². The van der Waals surface area contributed by atoms with E-state index in [1.54, 1.807) is 0 Å². The summed E-state index contributed by atoms with van der Waals surface area (Å²) in [7, 11) is 2.01. The van der Waals surface area contributed by atoms with E-state index in [1.807, 2.05) is 26.1 Å². The van der Waals surface area contributed by atoms with Crippen LogP contribution in [0.1, 0.15) is 18.9 Å². The summed E-state index contributed by atoms with van der Waals surface area (Å²) in [6.45, 7) is 6.02. The van der Waals surface area contributed by atoms with Crippen LogP contribution in [0.15, 0.2) is 12.1 Å². The fraction of sp³-hybridized carbons (Fsp3) is 0.533. The molecule has 1 aliphatic rings. The number of aryl methyl sites for hydroxylation is 1. The monoisotopic (exact) mass is 260 g/mol. The number of nitriles is 1. The van der Waals surface area contributed by atoms with Crippen LogP contribution in [0.4, 0.5) is 5.69 Å². The molecule has 102 valence electrons. The number of anilines is 1. The first-order valence-corrected chi connectivity index (χ1v) is 6.66. The van der Waals surface area contributed by atoms with Crippen molar-refractivity contribution in [1.82, 2.24) is 0 Å². The minimum atomic E-state index is 0.0533. The number of hydrogen-bond acceptors (Lipinski definition) is 4. The molecule has 4 nitrogen and oxygen atoms in total. The second-order valence-corrected chi connectivity index (χ2v) is 4.90. The molecule has 1 aromatic carbocycles. The van der Waals surface area contributed by atoms with Crippen molar-refractivity contribution in [3.05, 3.63) is 17.7 Å². The summed E-state index contributed by atoms with van der Waals surface area (Å²) in [5.74, 6) is 1.66. The second-order valence-electron chi connectivity index (χ2n) is 4.90. The molecule has 0 amide bonds. The second kappa shape index (κ2) is 5.83. The largest absolute Gasteiger partial charge is 0.486 e. The highest BCUT2D eigenvalue weighted by atomic mass is 16.6. The Morgan fingerprint density at radius 3 is 2.53 bits per heavy atom. The molecule has 1 aliphatic heterocycles. The van der Waals surface area contributed by atoms with E-state index in [2.05, 4.69) is 17.9 Å². The Morgan fingerprint density at radius 2 is 1.95 bits per heavy atom. The summed E-state index contributed by atoms with van der Waals surface area (Å²) in [6.07, 6.45) is 0.866. The predicted octanol–water partition coefficient (Wildman–Crippen LogP) is 2.75. The molecule has 1 aromatic rings. The van der Waals surface area contributed by atoms with Gasteiger partial charge in [0.25, 0.3) is 0 Å². The van der Waals surface area contributed by atoms with E-state index in [-0.39, 0.29) is 5.92 Å². The van der Waals surface area contributed by atoms with E-state index in [0.29, 0.717) is 13.2 Å². The fourth-order valence-electron chi connectivity index (χ4n) is 2.28. The molecule has 4 heteroatoms. The molecule has 1 heterocycles. The van der Waals surface area contributed by atoms with Crippen molar-refractivity contribution in [3.63, 3.8) is 0 Å². The van der Waals surface area contributed by atoms with Gasteiger partial charge in [0, 0.05) is 25.3 Å². The zero-order valence-electron chi connectivity index (χ0n) is 11.8. The third-order valence-corrected chi connectivity index (χ3v) is 3.44. The molecule has 0 aromatic heterocycles. The van der Waals surface area contributed by atoms with Gasteiger partial charge in [-0.15, -0.1) is 0 Å². The first-order chi connectivity index (χ1) is 9.15. The van der Waals surface area contributed by atoms with Crippen LogP contribution < -0.4 is 14.4 Å². The summed E-state index contributed by atoms with van der Waals surface area (Å²) < 4.78 is 11.2. The van der Waals surface area contributed by atoms with Crippen molar-refractivity contribution in [2.75, 3.05) is 31.7 Å². The Hall–Kier alpha value is -1.89. The van der Waals surface area contributed by atoms with Crippen molar-refractivity contribution in [2.24, 2.45) is 5.92 Å². The molecule has 0 saturated carbocycles. The minimum absolute atomic E-state index is 0.0533. The summed E-state index contributed by atoms with van der Waals surface area (Å²) in [6, 6.07) is 6.35. The molecule has 0 spiro atoms. The normalized spacial score (nSPS) is 14.6. The number of rotatable bonds is 4. The molecule has 2 rings (SSSR count). The van der Waals surface area contributed by atoms with Gasteiger partial charge in [-0.3, -0.25) is 0 Å². The first kappa shape index (κ1) is 13.5. The Kier molecular flexibility index (Phi) is 4.16. The van der Waals surface area contributed by atoms with Gasteiger partial charge in [0.2, 0.25) is 0 Å². The van der Waals surface area contributed by atoms with Crippen LogP contribution in [-0.2, 0) is 0 Å². The van der Waals surface area contributed by atoms with Gasteiger partial charge in [-0.1, -0.05) is 6.92 Å². The number of fused-ring (bicyclic) bond motifs is 1. The number of benzene rings is 1. The van der Waals surface area contributed by atoms with Crippen LogP contribution in [-0.4, -0.2) is 26.8 Å². The smallest absolute Gasteiger partial charge is 0.163 e. The van der Waals surface area contributed by atoms with E-state index in [1.165, 1.54) is 0 Å². The molecule has 0 fully saturated rings. The maximum Gasteiger partial charge on any atom is 0.163 e. The maximum atomic E-state index is 9.06. The molecular weight excluding hydrogens is 240 g/mol. The average molecular weight is 260 g/mol. The zero-order valence-corrected chi connectivity index (χ0v) is 11.8. The van der Waals surface area contributed by atoms with Crippen molar-refractivity contribution >= 4 is 5.69 Å². The van der Waals surface area contributed by atoms with Crippen molar-refractivity contribution in [2.45, 2.75) is 20.3 Å². The third kappa shape index (κ3) is 2.93. The van der Waals surface area contributed by atoms with Crippen LogP contribution >= 0.6 is 0 Å². The maximum absolute atomic E-state index is 9.06. The molecule has 0 radical (unpaired) electrons. The van der Waals surface area contributed by atoms with E-state index in [0.717, 1.165) is 35.7 Å². The van der Waals surface area contributed by atoms with Crippen LogP contribution in [0.25, 0.3) is 0 Å². The third-order valence-electron chi connectivity index (χ3n) is 3.44. The number of hydrogen-bond donors (Lipinski definition) is 0. The first-order valence-electron chi connectivity index (χ1n) is 6.66. The molecule has 0 N–H and O–H groups in total. The highest BCUT2D eigenvalue weighted by molar-refractivity contribution is 5.61. The van der Waals surface area contributed by atoms with E-state index >= 15 is 0 Å². The Balaban J connectivity index is 2.22. The molecule has 1 atom stereocenters. The van der Waals surface area contributed by atoms with Crippen LogP contribution in [0.5, 0.6) is 11.5 Å². The summed E-state index contributed by atoms with van der Waals surface area (Å²) in [4.78, 5) is 2.12. The lowest BCUT2D eigenvalue weighted by molar-refractivity contribution is 0.171. The summed E-state index contributed by atoms with van der Waals surface area (Å²) in [5, 5.41) is 9.06. The lowest BCUT2D eigenvalue weighted by Crippen LogP contribution is -2.25. The van der Waals surface area contributed by atoms with Gasteiger partial charge in [-0.05, 0) is 25.0 Å². The number of ether oxygens (including phenoxy) is 2. The summed E-state index contributed by atoms with van der Waals surface area (Å²) in [5.41, 5.74) is 2.23. The van der Waals surface area contributed by atoms with Crippen LogP contribution in [0.2, 0.25) is 0 Å². The van der Waals surface area contributed by atoms with Gasteiger partial charge < -0.3 is 14.4 Å². The lowest BCUT2D eigenvalue weighted by Gasteiger charge is -2.26. The Morgan fingerprint density at radius 1 is 1.32 bits per heavy atom. The van der Waals surface area contributed by atoms with Crippen molar-refractivity contribution in [3.8, 4) is 17.6 Å². The van der Waals surface area contributed by atoms with Crippen LogP contribution in [0.3, 0.4) is 0 Å². The van der Waals surface area contributed by atoms with Gasteiger partial charge in [0.1, 0.15) is 13.2 Å². The van der Waals surface area contributed by atoms with E-state index < -0.39 is 0 Å². The van der Waals surface area contributed by atoms with Gasteiger partial charge in [-0.25, -0.2) is 0 Å². The molecule has 0 bridgehead atoms. The minimum Gasteiger partial charge on any atom is -0.486 e. The molecule has 0 saturated heterocycles. The molecule has 1 unspecified atom stereocenters. The zero-order chi connectivity index (χ0) is 13.8. The fourth-order valence-corrected chi connectivity index (χ4v) is 2.28. The van der Waals surface area contributed by atoms with Gasteiger partial charge >= 0.3 is 0 Å². The highest BCUT2D eigenvalue weighted by Gasteiger charge is 2.17. The predicted molar refractivity (Wildman–Crippen MR) is 74.8 cm³/mol. The molecular formula is C15H20N2O2.